The van der Waals surface area contributed by atoms with Crippen molar-refractivity contribution in [3.05, 3.63) is 60.2 Å². The first kappa shape index (κ1) is 15.6. The highest BCUT2D eigenvalue weighted by Crippen LogP contribution is 2.02. The lowest BCUT2D eigenvalue weighted by Gasteiger charge is -2.23. The maximum atomic E-state index is 9.64. The SMILES string of the molecule is CC(O)CN(CCc1ccccn1)CCc1ccccn1. The van der Waals surface area contributed by atoms with Gasteiger partial charge in [-0.05, 0) is 31.2 Å². The summed E-state index contributed by atoms with van der Waals surface area (Å²) in [5.74, 6) is 0. The molecule has 0 radical (unpaired) electrons. The molecule has 1 N–H and O–H groups in total. The molecule has 0 bridgehead atoms. The summed E-state index contributed by atoms with van der Waals surface area (Å²) in [4.78, 5) is 11.0. The van der Waals surface area contributed by atoms with Crippen LogP contribution in [-0.4, -0.2) is 45.7 Å². The second kappa shape index (κ2) is 8.49. The van der Waals surface area contributed by atoms with Gasteiger partial charge in [0.15, 0.2) is 0 Å². The lowest BCUT2D eigenvalue weighted by molar-refractivity contribution is 0.127. The van der Waals surface area contributed by atoms with Gasteiger partial charge in [0.1, 0.15) is 0 Å². The Morgan fingerprint density at radius 2 is 1.48 bits per heavy atom. The topological polar surface area (TPSA) is 49.2 Å². The summed E-state index contributed by atoms with van der Waals surface area (Å²) >= 11 is 0. The Balaban J connectivity index is 1.85. The van der Waals surface area contributed by atoms with Crippen molar-refractivity contribution in [2.75, 3.05) is 19.6 Å². The van der Waals surface area contributed by atoms with Crippen molar-refractivity contribution in [2.24, 2.45) is 0 Å². The number of aliphatic hydroxyl groups is 1. The molecule has 2 aromatic rings. The van der Waals surface area contributed by atoms with Crippen molar-refractivity contribution in [2.45, 2.75) is 25.9 Å². The van der Waals surface area contributed by atoms with Crippen molar-refractivity contribution >= 4 is 0 Å². The molecule has 0 aliphatic heterocycles. The van der Waals surface area contributed by atoms with Crippen LogP contribution in [0.2, 0.25) is 0 Å². The first-order chi connectivity index (χ1) is 10.2. The van der Waals surface area contributed by atoms with Crippen LogP contribution < -0.4 is 0 Å². The Bertz CT molecular complexity index is 458. The third kappa shape index (κ3) is 6.02. The molecule has 0 aromatic carbocycles. The van der Waals surface area contributed by atoms with Crippen LogP contribution in [0.4, 0.5) is 0 Å². The Hall–Kier alpha value is -1.78. The normalized spacial score (nSPS) is 12.5. The molecule has 0 aliphatic carbocycles. The van der Waals surface area contributed by atoms with Crippen molar-refractivity contribution in [3.8, 4) is 0 Å². The summed E-state index contributed by atoms with van der Waals surface area (Å²) in [7, 11) is 0. The van der Waals surface area contributed by atoms with Gasteiger partial charge in [0.25, 0.3) is 0 Å². The number of rotatable bonds is 8. The van der Waals surface area contributed by atoms with Gasteiger partial charge in [-0.15, -0.1) is 0 Å². The number of nitrogens with zero attached hydrogens (tertiary/aromatic N) is 3. The number of aromatic nitrogens is 2. The van der Waals surface area contributed by atoms with Gasteiger partial charge in [0.05, 0.1) is 6.10 Å². The molecular weight excluding hydrogens is 262 g/mol. The summed E-state index contributed by atoms with van der Waals surface area (Å²) in [5.41, 5.74) is 2.18. The fourth-order valence-corrected chi connectivity index (χ4v) is 2.31. The minimum Gasteiger partial charge on any atom is -0.392 e. The molecule has 0 saturated carbocycles. The molecule has 0 amide bonds. The van der Waals surface area contributed by atoms with Crippen molar-refractivity contribution in [1.29, 1.82) is 0 Å². The molecule has 112 valence electrons. The zero-order valence-corrected chi connectivity index (χ0v) is 12.5. The molecular formula is C17H23N3O. The van der Waals surface area contributed by atoms with Crippen LogP contribution in [0, 0.1) is 0 Å². The minimum atomic E-state index is -0.322. The van der Waals surface area contributed by atoms with E-state index in [4.69, 9.17) is 0 Å². The Kier molecular flexibility index (Phi) is 6.31. The van der Waals surface area contributed by atoms with Gasteiger partial charge in [0.2, 0.25) is 0 Å². The third-order valence-electron chi connectivity index (χ3n) is 3.34. The van der Waals surface area contributed by atoms with E-state index in [1.807, 2.05) is 55.7 Å². The zero-order valence-electron chi connectivity index (χ0n) is 12.5. The second-order valence-electron chi connectivity index (χ2n) is 5.29. The van der Waals surface area contributed by atoms with Crippen LogP contribution in [0.15, 0.2) is 48.8 Å². The molecule has 2 rings (SSSR count). The van der Waals surface area contributed by atoms with Gasteiger partial charge in [-0.25, -0.2) is 0 Å². The summed E-state index contributed by atoms with van der Waals surface area (Å²) in [6.45, 7) is 4.30. The summed E-state index contributed by atoms with van der Waals surface area (Å²) in [5, 5.41) is 9.64. The smallest absolute Gasteiger partial charge is 0.0639 e. The van der Waals surface area contributed by atoms with Crippen LogP contribution >= 0.6 is 0 Å². The van der Waals surface area contributed by atoms with Gasteiger partial charge >= 0.3 is 0 Å². The number of aliphatic hydroxyl groups excluding tert-OH is 1. The predicted molar refractivity (Wildman–Crippen MR) is 84.0 cm³/mol. The standard InChI is InChI=1S/C17H23N3O/c1-15(21)14-20(12-8-16-6-2-4-10-18-16)13-9-17-7-3-5-11-19-17/h2-7,10-11,15,21H,8-9,12-14H2,1H3. The van der Waals surface area contributed by atoms with Crippen LogP contribution in [0.25, 0.3) is 0 Å². The summed E-state index contributed by atoms with van der Waals surface area (Å²) in [6, 6.07) is 12.0. The first-order valence-electron chi connectivity index (χ1n) is 7.44. The van der Waals surface area contributed by atoms with E-state index in [-0.39, 0.29) is 6.10 Å². The third-order valence-corrected chi connectivity index (χ3v) is 3.34. The van der Waals surface area contributed by atoms with Crippen LogP contribution in [0.3, 0.4) is 0 Å². The number of hydrogen-bond acceptors (Lipinski definition) is 4. The van der Waals surface area contributed by atoms with E-state index >= 15 is 0 Å². The molecule has 0 saturated heterocycles. The van der Waals surface area contributed by atoms with E-state index in [1.54, 1.807) is 0 Å². The van der Waals surface area contributed by atoms with Crippen molar-refractivity contribution in [1.82, 2.24) is 14.9 Å². The molecule has 0 spiro atoms. The molecule has 0 fully saturated rings. The second-order valence-corrected chi connectivity index (χ2v) is 5.29. The van der Waals surface area contributed by atoms with Crippen molar-refractivity contribution < 1.29 is 5.11 Å². The Morgan fingerprint density at radius 3 is 1.86 bits per heavy atom. The molecule has 2 aromatic heterocycles. The van der Waals surface area contributed by atoms with E-state index in [9.17, 15) is 5.11 Å². The van der Waals surface area contributed by atoms with E-state index in [0.717, 1.165) is 37.3 Å². The highest BCUT2D eigenvalue weighted by Gasteiger charge is 2.09. The van der Waals surface area contributed by atoms with Gasteiger partial charge < -0.3 is 10.0 Å². The first-order valence-corrected chi connectivity index (χ1v) is 7.44. The van der Waals surface area contributed by atoms with E-state index in [1.165, 1.54) is 0 Å². The maximum absolute atomic E-state index is 9.64. The average molecular weight is 285 g/mol. The quantitative estimate of drug-likeness (QED) is 0.805. The van der Waals surface area contributed by atoms with Gasteiger partial charge in [-0.3, -0.25) is 9.97 Å². The predicted octanol–water partition coefficient (Wildman–Crippen LogP) is 1.94. The average Bonchev–Trinajstić information content (AvgIpc) is 2.51. The highest BCUT2D eigenvalue weighted by atomic mass is 16.3. The maximum Gasteiger partial charge on any atom is 0.0639 e. The van der Waals surface area contributed by atoms with Gasteiger partial charge in [-0.1, -0.05) is 12.1 Å². The zero-order chi connectivity index (χ0) is 14.9. The molecule has 1 atom stereocenters. The molecule has 21 heavy (non-hydrogen) atoms. The largest absolute Gasteiger partial charge is 0.392 e. The Morgan fingerprint density at radius 1 is 0.952 bits per heavy atom. The van der Waals surface area contributed by atoms with E-state index < -0.39 is 0 Å². The number of hydrogen-bond donors (Lipinski definition) is 1. The fourth-order valence-electron chi connectivity index (χ4n) is 2.31. The molecule has 2 heterocycles. The fraction of sp³-hybridized carbons (Fsp3) is 0.412. The van der Waals surface area contributed by atoms with Gasteiger partial charge in [0, 0.05) is 56.3 Å². The molecule has 4 nitrogen and oxygen atoms in total. The van der Waals surface area contributed by atoms with Crippen LogP contribution in [-0.2, 0) is 12.8 Å². The molecule has 1 unspecified atom stereocenters. The highest BCUT2D eigenvalue weighted by molar-refractivity contribution is 5.05. The Labute approximate surface area is 126 Å². The molecule has 4 heteroatoms. The monoisotopic (exact) mass is 285 g/mol. The lowest BCUT2D eigenvalue weighted by Crippen LogP contribution is -2.34. The van der Waals surface area contributed by atoms with Crippen molar-refractivity contribution in [3.63, 3.8) is 0 Å². The minimum absolute atomic E-state index is 0.322. The van der Waals surface area contributed by atoms with E-state index in [0.29, 0.717) is 6.54 Å². The lowest BCUT2D eigenvalue weighted by atomic mass is 10.2. The van der Waals surface area contributed by atoms with Crippen LogP contribution in [0.1, 0.15) is 18.3 Å². The summed E-state index contributed by atoms with van der Waals surface area (Å²) < 4.78 is 0. The van der Waals surface area contributed by atoms with E-state index in [2.05, 4.69) is 14.9 Å². The number of pyridine rings is 2. The summed E-state index contributed by atoms with van der Waals surface area (Å²) in [6.07, 6.45) is 5.12. The molecule has 0 aliphatic rings. The van der Waals surface area contributed by atoms with Gasteiger partial charge in [-0.2, -0.15) is 0 Å². The van der Waals surface area contributed by atoms with Crippen LogP contribution in [0.5, 0.6) is 0 Å².